The maximum Gasteiger partial charge on any atom is 0.306 e. The first kappa shape index (κ1) is 27.4. The monoisotopic (exact) mass is 398 g/mol. The van der Waals surface area contributed by atoms with Crippen LogP contribution in [0.25, 0.3) is 0 Å². The van der Waals surface area contributed by atoms with Crippen molar-refractivity contribution in [3.05, 3.63) is 0 Å². The van der Waals surface area contributed by atoms with Crippen molar-refractivity contribution in [1.82, 2.24) is 0 Å². The molecule has 0 aromatic rings. The van der Waals surface area contributed by atoms with Gasteiger partial charge in [0.25, 0.3) is 0 Å². The van der Waals surface area contributed by atoms with Crippen molar-refractivity contribution < 1.29 is 14.6 Å². The molecule has 3 heteroatoms. The summed E-state index contributed by atoms with van der Waals surface area (Å²) in [6.45, 7) is 6.37. The number of hydrogen-bond acceptors (Lipinski definition) is 3. The highest BCUT2D eigenvalue weighted by molar-refractivity contribution is 5.69. The minimum absolute atomic E-state index is 0.0985. The highest BCUT2D eigenvalue weighted by atomic mass is 16.5. The van der Waals surface area contributed by atoms with Gasteiger partial charge in [-0.2, -0.15) is 0 Å². The molecule has 0 aromatic heterocycles. The molecule has 1 N–H and O–H groups in total. The quantitative estimate of drug-likeness (QED) is 0.159. The fraction of sp³-hybridized carbons (Fsp3) is 0.960. The zero-order valence-corrected chi connectivity index (χ0v) is 19.4. The normalized spacial score (nSPS) is 13.4. The van der Waals surface area contributed by atoms with Gasteiger partial charge in [0, 0.05) is 12.8 Å². The number of unbranched alkanes of at least 4 members (excludes halogenated alkanes) is 14. The van der Waals surface area contributed by atoms with Crippen LogP contribution in [0, 0.1) is 0 Å². The van der Waals surface area contributed by atoms with Crippen LogP contribution in [-0.2, 0) is 9.53 Å². The Labute approximate surface area is 176 Å². The van der Waals surface area contributed by atoms with Crippen molar-refractivity contribution in [2.75, 3.05) is 0 Å². The van der Waals surface area contributed by atoms with Gasteiger partial charge in [-0.3, -0.25) is 4.79 Å². The predicted octanol–water partition coefficient (Wildman–Crippen LogP) is 7.73. The van der Waals surface area contributed by atoms with Gasteiger partial charge in [-0.05, 0) is 19.8 Å². The fourth-order valence-electron chi connectivity index (χ4n) is 3.75. The van der Waals surface area contributed by atoms with Crippen LogP contribution in [0.3, 0.4) is 0 Å². The Morgan fingerprint density at radius 2 is 1.14 bits per heavy atom. The number of ether oxygens (including phenoxy) is 1. The smallest absolute Gasteiger partial charge is 0.306 e. The van der Waals surface area contributed by atoms with Gasteiger partial charge < -0.3 is 9.84 Å². The molecule has 0 aliphatic heterocycles. The van der Waals surface area contributed by atoms with Crippen LogP contribution in [0.1, 0.15) is 143 Å². The summed E-state index contributed by atoms with van der Waals surface area (Å²) in [7, 11) is 0. The summed E-state index contributed by atoms with van der Waals surface area (Å²) >= 11 is 0. The third-order valence-corrected chi connectivity index (χ3v) is 5.56. The molecule has 28 heavy (non-hydrogen) atoms. The van der Waals surface area contributed by atoms with E-state index in [0.717, 1.165) is 25.7 Å². The largest absolute Gasteiger partial charge is 0.463 e. The van der Waals surface area contributed by atoms with Crippen molar-refractivity contribution in [3.63, 3.8) is 0 Å². The molecule has 0 amide bonds. The first-order valence-electron chi connectivity index (χ1n) is 12.5. The maximum atomic E-state index is 11.9. The minimum Gasteiger partial charge on any atom is -0.463 e. The van der Waals surface area contributed by atoms with Gasteiger partial charge >= 0.3 is 5.97 Å². The molecule has 0 aromatic carbocycles. The SMILES string of the molecule is CCCCCCCCCCCCCC(=O)OC(C)CC(O)CCCCCCC. The van der Waals surface area contributed by atoms with Crippen molar-refractivity contribution in [2.45, 2.75) is 155 Å². The fourth-order valence-corrected chi connectivity index (χ4v) is 3.75. The Hall–Kier alpha value is -0.570. The van der Waals surface area contributed by atoms with Gasteiger partial charge in [0.05, 0.1) is 6.10 Å². The summed E-state index contributed by atoms with van der Waals surface area (Å²) in [6.07, 6.45) is 21.6. The van der Waals surface area contributed by atoms with E-state index in [1.807, 2.05) is 6.92 Å². The molecule has 0 aliphatic rings. The van der Waals surface area contributed by atoms with Crippen molar-refractivity contribution in [3.8, 4) is 0 Å². The topological polar surface area (TPSA) is 46.5 Å². The van der Waals surface area contributed by atoms with Crippen molar-refractivity contribution in [1.29, 1.82) is 0 Å². The second-order valence-electron chi connectivity index (χ2n) is 8.68. The van der Waals surface area contributed by atoms with E-state index < -0.39 is 0 Å². The van der Waals surface area contributed by atoms with Crippen LogP contribution in [0.2, 0.25) is 0 Å². The molecular weight excluding hydrogens is 348 g/mol. The lowest BCUT2D eigenvalue weighted by Crippen LogP contribution is -2.21. The molecular formula is C25H50O3. The van der Waals surface area contributed by atoms with Crippen LogP contribution in [0.15, 0.2) is 0 Å². The summed E-state index contributed by atoms with van der Waals surface area (Å²) in [6, 6.07) is 0. The molecule has 0 bridgehead atoms. The highest BCUT2D eigenvalue weighted by Gasteiger charge is 2.14. The Balaban J connectivity index is 3.45. The van der Waals surface area contributed by atoms with E-state index in [1.165, 1.54) is 83.5 Å². The third-order valence-electron chi connectivity index (χ3n) is 5.56. The van der Waals surface area contributed by atoms with E-state index in [2.05, 4.69) is 13.8 Å². The van der Waals surface area contributed by atoms with Gasteiger partial charge in [0.1, 0.15) is 6.10 Å². The molecule has 3 nitrogen and oxygen atoms in total. The van der Waals surface area contributed by atoms with Gasteiger partial charge in [0.2, 0.25) is 0 Å². The van der Waals surface area contributed by atoms with E-state index in [-0.39, 0.29) is 18.2 Å². The van der Waals surface area contributed by atoms with Gasteiger partial charge in [-0.25, -0.2) is 0 Å². The second kappa shape index (κ2) is 21.1. The molecule has 2 unspecified atom stereocenters. The van der Waals surface area contributed by atoms with Gasteiger partial charge in [-0.1, -0.05) is 110 Å². The van der Waals surface area contributed by atoms with E-state index in [4.69, 9.17) is 4.74 Å². The van der Waals surface area contributed by atoms with E-state index >= 15 is 0 Å². The minimum atomic E-state index is -0.341. The standard InChI is InChI=1S/C25H50O3/c1-4-6-8-10-11-12-13-14-15-17-19-21-25(27)28-23(3)22-24(26)20-18-16-9-7-5-2/h23-24,26H,4-22H2,1-3H3. The molecule has 0 rings (SSSR count). The molecule has 0 aliphatic carbocycles. The summed E-state index contributed by atoms with van der Waals surface area (Å²) in [5.74, 6) is -0.0985. The summed E-state index contributed by atoms with van der Waals surface area (Å²) in [5, 5.41) is 10.1. The molecule has 2 atom stereocenters. The first-order valence-corrected chi connectivity index (χ1v) is 12.5. The van der Waals surface area contributed by atoms with Crippen LogP contribution in [0.4, 0.5) is 0 Å². The summed E-state index contributed by atoms with van der Waals surface area (Å²) in [5.41, 5.74) is 0. The lowest BCUT2D eigenvalue weighted by atomic mass is 10.0. The molecule has 0 heterocycles. The predicted molar refractivity (Wildman–Crippen MR) is 121 cm³/mol. The number of aliphatic hydroxyl groups excluding tert-OH is 1. The Morgan fingerprint density at radius 3 is 1.64 bits per heavy atom. The van der Waals surface area contributed by atoms with Crippen molar-refractivity contribution >= 4 is 5.97 Å². The number of carbonyl (C=O) groups excluding carboxylic acids is 1. The summed E-state index contributed by atoms with van der Waals surface area (Å²) in [4.78, 5) is 11.9. The highest BCUT2D eigenvalue weighted by Crippen LogP contribution is 2.14. The van der Waals surface area contributed by atoms with E-state index in [1.54, 1.807) is 0 Å². The van der Waals surface area contributed by atoms with Gasteiger partial charge in [-0.15, -0.1) is 0 Å². The van der Waals surface area contributed by atoms with E-state index in [9.17, 15) is 9.90 Å². The lowest BCUT2D eigenvalue weighted by Gasteiger charge is -2.17. The van der Waals surface area contributed by atoms with Crippen LogP contribution in [-0.4, -0.2) is 23.3 Å². The van der Waals surface area contributed by atoms with Gasteiger partial charge in [0.15, 0.2) is 0 Å². The molecule has 0 spiro atoms. The number of esters is 1. The molecule has 168 valence electrons. The number of hydrogen-bond donors (Lipinski definition) is 1. The maximum absolute atomic E-state index is 11.9. The number of carbonyl (C=O) groups is 1. The van der Waals surface area contributed by atoms with Crippen LogP contribution in [0.5, 0.6) is 0 Å². The molecule has 0 radical (unpaired) electrons. The number of aliphatic hydroxyl groups is 1. The number of rotatable bonds is 21. The first-order chi connectivity index (χ1) is 13.6. The average Bonchev–Trinajstić information content (AvgIpc) is 2.65. The average molecular weight is 399 g/mol. The Morgan fingerprint density at radius 1 is 0.714 bits per heavy atom. The lowest BCUT2D eigenvalue weighted by molar-refractivity contribution is -0.149. The van der Waals surface area contributed by atoms with E-state index in [0.29, 0.717) is 12.8 Å². The third kappa shape index (κ3) is 20.2. The van der Waals surface area contributed by atoms with Crippen LogP contribution < -0.4 is 0 Å². The summed E-state index contributed by atoms with van der Waals surface area (Å²) < 4.78 is 5.46. The zero-order chi connectivity index (χ0) is 20.9. The van der Waals surface area contributed by atoms with Crippen molar-refractivity contribution in [2.24, 2.45) is 0 Å². The Kier molecular flexibility index (Phi) is 20.7. The zero-order valence-electron chi connectivity index (χ0n) is 19.4. The van der Waals surface area contributed by atoms with Crippen LogP contribution >= 0.6 is 0 Å². The molecule has 0 fully saturated rings. The second-order valence-corrected chi connectivity index (χ2v) is 8.68. The Bertz CT molecular complexity index is 330. The molecule has 0 saturated heterocycles. The molecule has 0 saturated carbocycles.